The van der Waals surface area contributed by atoms with Crippen molar-refractivity contribution < 1.29 is 4.74 Å². The van der Waals surface area contributed by atoms with E-state index in [0.29, 0.717) is 0 Å². The second kappa shape index (κ2) is 5.17. The highest BCUT2D eigenvalue weighted by Gasteiger charge is 2.04. The molecular formula is C14H13BrO. The van der Waals surface area contributed by atoms with Gasteiger partial charge in [-0.25, -0.2) is 0 Å². The van der Waals surface area contributed by atoms with Crippen molar-refractivity contribution in [2.24, 2.45) is 0 Å². The SMILES string of the molecule is COc1ccc2ccccc2c1C=CCBr. The predicted octanol–water partition coefficient (Wildman–Crippen LogP) is 4.26. The summed E-state index contributed by atoms with van der Waals surface area (Å²) in [6.45, 7) is 0. The van der Waals surface area contributed by atoms with Crippen molar-refractivity contribution in [1.29, 1.82) is 0 Å². The van der Waals surface area contributed by atoms with Crippen LogP contribution in [0, 0.1) is 0 Å². The number of hydrogen-bond donors (Lipinski definition) is 0. The van der Waals surface area contributed by atoms with E-state index in [1.165, 1.54) is 10.8 Å². The number of ether oxygens (including phenoxy) is 1. The van der Waals surface area contributed by atoms with E-state index in [4.69, 9.17) is 4.74 Å². The molecule has 0 atom stereocenters. The van der Waals surface area contributed by atoms with Crippen molar-refractivity contribution in [3.8, 4) is 5.75 Å². The van der Waals surface area contributed by atoms with Crippen molar-refractivity contribution in [3.05, 3.63) is 48.0 Å². The third-order valence-electron chi connectivity index (χ3n) is 2.52. The van der Waals surface area contributed by atoms with Gasteiger partial charge < -0.3 is 4.74 Å². The van der Waals surface area contributed by atoms with Gasteiger partial charge in [-0.1, -0.05) is 58.4 Å². The smallest absolute Gasteiger partial charge is 0.126 e. The molecule has 0 saturated carbocycles. The minimum atomic E-state index is 0.847. The van der Waals surface area contributed by atoms with Gasteiger partial charge in [0.25, 0.3) is 0 Å². The highest BCUT2D eigenvalue weighted by molar-refractivity contribution is 9.09. The molecule has 16 heavy (non-hydrogen) atoms. The largest absolute Gasteiger partial charge is 0.496 e. The lowest BCUT2D eigenvalue weighted by Crippen LogP contribution is -1.88. The lowest BCUT2D eigenvalue weighted by atomic mass is 10.0. The van der Waals surface area contributed by atoms with Crippen LogP contribution in [0.4, 0.5) is 0 Å². The van der Waals surface area contributed by atoms with E-state index in [-0.39, 0.29) is 0 Å². The summed E-state index contributed by atoms with van der Waals surface area (Å²) < 4.78 is 5.38. The molecule has 0 aromatic heterocycles. The molecule has 1 nitrogen and oxygen atoms in total. The van der Waals surface area contributed by atoms with Gasteiger partial charge in [0, 0.05) is 10.9 Å². The number of benzene rings is 2. The third-order valence-corrected chi connectivity index (χ3v) is 2.90. The van der Waals surface area contributed by atoms with Crippen molar-refractivity contribution in [3.63, 3.8) is 0 Å². The Hall–Kier alpha value is -1.28. The topological polar surface area (TPSA) is 9.23 Å². The Morgan fingerprint density at radius 2 is 2.00 bits per heavy atom. The maximum atomic E-state index is 5.38. The fourth-order valence-corrected chi connectivity index (χ4v) is 1.97. The van der Waals surface area contributed by atoms with Crippen LogP contribution in [0.5, 0.6) is 5.75 Å². The summed E-state index contributed by atoms with van der Waals surface area (Å²) in [4.78, 5) is 0. The zero-order chi connectivity index (χ0) is 11.4. The molecule has 0 saturated heterocycles. The van der Waals surface area contributed by atoms with Gasteiger partial charge in [0.05, 0.1) is 7.11 Å². The molecule has 0 unspecified atom stereocenters. The van der Waals surface area contributed by atoms with Crippen LogP contribution in [0.3, 0.4) is 0 Å². The van der Waals surface area contributed by atoms with Gasteiger partial charge in [-0.2, -0.15) is 0 Å². The molecule has 0 aliphatic rings. The normalized spacial score (nSPS) is 11.1. The zero-order valence-electron chi connectivity index (χ0n) is 9.11. The van der Waals surface area contributed by atoms with E-state index in [0.717, 1.165) is 16.6 Å². The Morgan fingerprint density at radius 3 is 2.75 bits per heavy atom. The zero-order valence-corrected chi connectivity index (χ0v) is 10.7. The molecule has 0 amide bonds. The van der Waals surface area contributed by atoms with Gasteiger partial charge >= 0.3 is 0 Å². The molecule has 0 bridgehead atoms. The van der Waals surface area contributed by atoms with Crippen LogP contribution in [0.25, 0.3) is 16.8 Å². The average Bonchev–Trinajstić information content (AvgIpc) is 2.35. The number of alkyl halides is 1. The van der Waals surface area contributed by atoms with Gasteiger partial charge in [-0.3, -0.25) is 0 Å². The fourth-order valence-electron chi connectivity index (χ4n) is 1.79. The summed E-state index contributed by atoms with van der Waals surface area (Å²) in [6, 6.07) is 12.4. The van der Waals surface area contributed by atoms with E-state index in [1.54, 1.807) is 7.11 Å². The second-order valence-corrected chi connectivity index (χ2v) is 4.11. The van der Waals surface area contributed by atoms with Gasteiger partial charge in [-0.15, -0.1) is 0 Å². The maximum Gasteiger partial charge on any atom is 0.126 e. The number of halogens is 1. The number of hydrogen-bond acceptors (Lipinski definition) is 1. The standard InChI is InChI=1S/C14H13BrO/c1-16-14-9-8-11-5-2-3-6-12(11)13(14)7-4-10-15/h2-9H,10H2,1H3. The Morgan fingerprint density at radius 1 is 1.19 bits per heavy atom. The van der Waals surface area contributed by atoms with Crippen LogP contribution in [0.2, 0.25) is 0 Å². The fraction of sp³-hybridized carbons (Fsp3) is 0.143. The average molecular weight is 277 g/mol. The van der Waals surface area contributed by atoms with Gasteiger partial charge in [-0.05, 0) is 16.8 Å². The van der Waals surface area contributed by atoms with Crippen molar-refractivity contribution in [2.45, 2.75) is 0 Å². The molecule has 0 spiro atoms. The molecule has 82 valence electrons. The molecular weight excluding hydrogens is 264 g/mol. The van der Waals surface area contributed by atoms with Gasteiger partial charge in [0.15, 0.2) is 0 Å². The van der Waals surface area contributed by atoms with Gasteiger partial charge in [0.1, 0.15) is 5.75 Å². The Bertz CT molecular complexity index is 517. The summed E-state index contributed by atoms with van der Waals surface area (Å²) in [6.07, 6.45) is 4.17. The van der Waals surface area contributed by atoms with Crippen LogP contribution in [0.1, 0.15) is 5.56 Å². The monoisotopic (exact) mass is 276 g/mol. The van der Waals surface area contributed by atoms with Crippen LogP contribution in [0.15, 0.2) is 42.5 Å². The minimum absolute atomic E-state index is 0.847. The molecule has 0 radical (unpaired) electrons. The first kappa shape index (κ1) is 11.2. The Balaban J connectivity index is 2.68. The van der Waals surface area contributed by atoms with E-state index in [9.17, 15) is 0 Å². The number of rotatable bonds is 3. The molecule has 0 heterocycles. The van der Waals surface area contributed by atoms with E-state index < -0.39 is 0 Å². The Labute approximate surface area is 104 Å². The Kier molecular flexibility index (Phi) is 3.62. The quantitative estimate of drug-likeness (QED) is 0.762. The summed E-state index contributed by atoms with van der Waals surface area (Å²) in [5.74, 6) is 0.913. The van der Waals surface area contributed by atoms with Crippen molar-refractivity contribution >= 4 is 32.8 Å². The lowest BCUT2D eigenvalue weighted by Gasteiger charge is -2.08. The molecule has 2 heteroatoms. The third kappa shape index (κ3) is 2.12. The molecule has 0 fully saturated rings. The van der Waals surface area contributed by atoms with E-state index in [2.05, 4.69) is 46.3 Å². The van der Waals surface area contributed by atoms with Crippen LogP contribution in [-0.4, -0.2) is 12.4 Å². The summed E-state index contributed by atoms with van der Waals surface area (Å²) in [5.41, 5.74) is 1.14. The first-order valence-corrected chi connectivity index (χ1v) is 6.27. The molecule has 2 aromatic rings. The van der Waals surface area contributed by atoms with E-state index in [1.807, 2.05) is 18.2 Å². The highest BCUT2D eigenvalue weighted by atomic mass is 79.9. The van der Waals surface area contributed by atoms with Crippen molar-refractivity contribution in [2.75, 3.05) is 12.4 Å². The summed E-state index contributed by atoms with van der Waals surface area (Å²) >= 11 is 3.39. The number of fused-ring (bicyclic) bond motifs is 1. The van der Waals surface area contributed by atoms with Crippen LogP contribution >= 0.6 is 15.9 Å². The summed E-state index contributed by atoms with van der Waals surface area (Å²) in [5, 5.41) is 3.30. The molecule has 0 aliphatic carbocycles. The molecule has 0 aliphatic heterocycles. The predicted molar refractivity (Wildman–Crippen MR) is 73.3 cm³/mol. The lowest BCUT2D eigenvalue weighted by molar-refractivity contribution is 0.414. The maximum absolute atomic E-state index is 5.38. The molecule has 0 N–H and O–H groups in total. The first-order chi connectivity index (χ1) is 7.86. The molecule has 2 aromatic carbocycles. The highest BCUT2D eigenvalue weighted by Crippen LogP contribution is 2.29. The number of allylic oxidation sites excluding steroid dienone is 1. The second-order valence-electron chi connectivity index (χ2n) is 3.46. The van der Waals surface area contributed by atoms with Gasteiger partial charge in [0.2, 0.25) is 0 Å². The summed E-state index contributed by atoms with van der Waals surface area (Å²) in [7, 11) is 1.70. The van der Waals surface area contributed by atoms with Crippen molar-refractivity contribution in [1.82, 2.24) is 0 Å². The van der Waals surface area contributed by atoms with E-state index >= 15 is 0 Å². The van der Waals surface area contributed by atoms with Crippen LogP contribution in [-0.2, 0) is 0 Å². The molecule has 2 rings (SSSR count). The first-order valence-electron chi connectivity index (χ1n) is 5.15. The van der Waals surface area contributed by atoms with Crippen LogP contribution < -0.4 is 4.74 Å². The minimum Gasteiger partial charge on any atom is -0.496 e. The number of methoxy groups -OCH3 is 1.